The van der Waals surface area contributed by atoms with Crippen LogP contribution in [0.15, 0.2) is 35.0 Å². The second-order valence-electron chi connectivity index (χ2n) is 5.98. The van der Waals surface area contributed by atoms with Gasteiger partial charge in [0.05, 0.1) is 18.8 Å². The van der Waals surface area contributed by atoms with Crippen LogP contribution in [0.1, 0.15) is 29.0 Å². The SMILES string of the molecule is CCOCCn1nc(C)cc1C(=O)N(C)Cc1nc(-c2ccccn2)no1. The smallest absolute Gasteiger partial charge is 0.272 e. The second kappa shape index (κ2) is 8.54. The second-order valence-corrected chi connectivity index (χ2v) is 5.98. The van der Waals surface area contributed by atoms with Crippen molar-refractivity contribution in [2.45, 2.75) is 26.9 Å². The third-order valence-corrected chi connectivity index (χ3v) is 3.85. The number of hydrogen-bond donors (Lipinski definition) is 0. The predicted molar refractivity (Wildman–Crippen MR) is 96.8 cm³/mol. The topological polar surface area (TPSA) is 99.2 Å². The van der Waals surface area contributed by atoms with Crippen molar-refractivity contribution in [1.29, 1.82) is 0 Å². The van der Waals surface area contributed by atoms with Gasteiger partial charge in [-0.25, -0.2) is 0 Å². The fourth-order valence-electron chi connectivity index (χ4n) is 2.57. The lowest BCUT2D eigenvalue weighted by Crippen LogP contribution is -2.29. The summed E-state index contributed by atoms with van der Waals surface area (Å²) in [6.45, 7) is 5.61. The van der Waals surface area contributed by atoms with E-state index in [1.54, 1.807) is 30.1 Å². The Morgan fingerprint density at radius 3 is 2.96 bits per heavy atom. The number of nitrogens with zero attached hydrogens (tertiary/aromatic N) is 6. The Morgan fingerprint density at radius 1 is 1.37 bits per heavy atom. The van der Waals surface area contributed by atoms with E-state index in [0.717, 1.165) is 5.69 Å². The molecule has 0 radical (unpaired) electrons. The minimum Gasteiger partial charge on any atom is -0.380 e. The molecule has 0 fully saturated rings. The van der Waals surface area contributed by atoms with Gasteiger partial charge in [0.25, 0.3) is 5.91 Å². The van der Waals surface area contributed by atoms with Crippen LogP contribution in [0.3, 0.4) is 0 Å². The van der Waals surface area contributed by atoms with E-state index in [1.807, 2.05) is 26.0 Å². The molecular formula is C18H22N6O3. The van der Waals surface area contributed by atoms with Crippen LogP contribution in [-0.2, 0) is 17.8 Å². The molecule has 0 aliphatic heterocycles. The Hall–Kier alpha value is -3.07. The van der Waals surface area contributed by atoms with Gasteiger partial charge in [0.2, 0.25) is 11.7 Å². The van der Waals surface area contributed by atoms with Crippen molar-refractivity contribution in [2.75, 3.05) is 20.3 Å². The summed E-state index contributed by atoms with van der Waals surface area (Å²) in [6, 6.07) is 7.22. The monoisotopic (exact) mass is 370 g/mol. The number of amides is 1. The van der Waals surface area contributed by atoms with E-state index in [2.05, 4.69) is 20.2 Å². The molecule has 27 heavy (non-hydrogen) atoms. The molecule has 3 heterocycles. The molecule has 142 valence electrons. The third kappa shape index (κ3) is 4.56. The molecular weight excluding hydrogens is 348 g/mol. The van der Waals surface area contributed by atoms with Crippen molar-refractivity contribution >= 4 is 5.91 Å². The van der Waals surface area contributed by atoms with Crippen molar-refractivity contribution in [3.05, 3.63) is 47.7 Å². The van der Waals surface area contributed by atoms with Crippen LogP contribution < -0.4 is 0 Å². The molecule has 0 aromatic carbocycles. The number of rotatable bonds is 8. The molecule has 0 aliphatic carbocycles. The van der Waals surface area contributed by atoms with Crippen LogP contribution in [0.4, 0.5) is 0 Å². The maximum atomic E-state index is 12.8. The zero-order valence-corrected chi connectivity index (χ0v) is 15.6. The van der Waals surface area contributed by atoms with Crippen LogP contribution in [0.2, 0.25) is 0 Å². The number of ether oxygens (including phenoxy) is 1. The van der Waals surface area contributed by atoms with Gasteiger partial charge in [-0.2, -0.15) is 10.1 Å². The van der Waals surface area contributed by atoms with E-state index in [4.69, 9.17) is 9.26 Å². The Kier molecular flexibility index (Phi) is 5.92. The fraction of sp³-hybridized carbons (Fsp3) is 0.389. The van der Waals surface area contributed by atoms with E-state index < -0.39 is 0 Å². The first-order chi connectivity index (χ1) is 13.1. The Morgan fingerprint density at radius 2 is 2.22 bits per heavy atom. The van der Waals surface area contributed by atoms with Crippen molar-refractivity contribution in [2.24, 2.45) is 0 Å². The maximum absolute atomic E-state index is 12.8. The Bertz CT molecular complexity index is 890. The molecule has 9 heteroatoms. The molecule has 0 unspecified atom stereocenters. The van der Waals surface area contributed by atoms with Crippen LogP contribution in [0, 0.1) is 6.92 Å². The van der Waals surface area contributed by atoms with Crippen molar-refractivity contribution in [1.82, 2.24) is 29.8 Å². The van der Waals surface area contributed by atoms with Crippen LogP contribution in [0.25, 0.3) is 11.5 Å². The minimum absolute atomic E-state index is 0.176. The lowest BCUT2D eigenvalue weighted by Gasteiger charge is -2.15. The van der Waals surface area contributed by atoms with E-state index in [9.17, 15) is 4.79 Å². The Labute approximate surface area is 157 Å². The van der Waals surface area contributed by atoms with Gasteiger partial charge in [-0.3, -0.25) is 14.5 Å². The van der Waals surface area contributed by atoms with Crippen molar-refractivity contribution in [3.8, 4) is 11.5 Å². The number of pyridine rings is 1. The van der Waals surface area contributed by atoms with Crippen LogP contribution >= 0.6 is 0 Å². The summed E-state index contributed by atoms with van der Waals surface area (Å²) in [6.07, 6.45) is 1.66. The first kappa shape index (κ1) is 18.7. The summed E-state index contributed by atoms with van der Waals surface area (Å²) in [5.74, 6) is 0.553. The van der Waals surface area contributed by atoms with Crippen LogP contribution in [0.5, 0.6) is 0 Å². The lowest BCUT2D eigenvalue weighted by molar-refractivity contribution is 0.0751. The summed E-state index contributed by atoms with van der Waals surface area (Å²) in [4.78, 5) is 22.8. The molecule has 0 bridgehead atoms. The number of carbonyl (C=O) groups excluding carboxylic acids is 1. The summed E-state index contributed by atoms with van der Waals surface area (Å²) in [5, 5.41) is 8.29. The summed E-state index contributed by atoms with van der Waals surface area (Å²) in [5.41, 5.74) is 1.89. The molecule has 3 aromatic rings. The molecule has 9 nitrogen and oxygen atoms in total. The molecule has 0 aliphatic rings. The molecule has 0 spiro atoms. The molecule has 0 atom stereocenters. The average molecular weight is 370 g/mol. The van der Waals surface area contributed by atoms with Gasteiger partial charge in [0.15, 0.2) is 0 Å². The van der Waals surface area contributed by atoms with Gasteiger partial charge in [-0.05, 0) is 32.0 Å². The van der Waals surface area contributed by atoms with Crippen molar-refractivity contribution < 1.29 is 14.1 Å². The van der Waals surface area contributed by atoms with E-state index in [1.165, 1.54) is 4.90 Å². The van der Waals surface area contributed by atoms with Gasteiger partial charge >= 0.3 is 0 Å². The maximum Gasteiger partial charge on any atom is 0.272 e. The van der Waals surface area contributed by atoms with Gasteiger partial charge in [-0.15, -0.1) is 0 Å². The molecule has 0 saturated carbocycles. The van der Waals surface area contributed by atoms with Crippen LogP contribution in [-0.4, -0.2) is 56.0 Å². The predicted octanol–water partition coefficient (Wildman–Crippen LogP) is 1.95. The van der Waals surface area contributed by atoms with Crippen molar-refractivity contribution in [3.63, 3.8) is 0 Å². The molecule has 3 aromatic heterocycles. The van der Waals surface area contributed by atoms with E-state index in [-0.39, 0.29) is 12.5 Å². The number of aryl methyl sites for hydroxylation is 1. The summed E-state index contributed by atoms with van der Waals surface area (Å²) in [7, 11) is 1.68. The summed E-state index contributed by atoms with van der Waals surface area (Å²) < 4.78 is 12.3. The Balaban J connectivity index is 1.69. The van der Waals surface area contributed by atoms with Gasteiger partial charge in [0.1, 0.15) is 17.9 Å². The van der Waals surface area contributed by atoms with E-state index in [0.29, 0.717) is 42.9 Å². The highest BCUT2D eigenvalue weighted by Gasteiger charge is 2.20. The highest BCUT2D eigenvalue weighted by molar-refractivity contribution is 5.92. The number of aromatic nitrogens is 5. The van der Waals surface area contributed by atoms with E-state index >= 15 is 0 Å². The minimum atomic E-state index is -0.176. The normalized spacial score (nSPS) is 10.9. The highest BCUT2D eigenvalue weighted by atomic mass is 16.5. The third-order valence-electron chi connectivity index (χ3n) is 3.85. The zero-order chi connectivity index (χ0) is 19.2. The molecule has 3 rings (SSSR count). The number of hydrogen-bond acceptors (Lipinski definition) is 7. The van der Waals surface area contributed by atoms with Gasteiger partial charge in [-0.1, -0.05) is 11.2 Å². The highest BCUT2D eigenvalue weighted by Crippen LogP contribution is 2.14. The zero-order valence-electron chi connectivity index (χ0n) is 15.6. The molecule has 0 saturated heterocycles. The van der Waals surface area contributed by atoms with Gasteiger partial charge in [0, 0.05) is 19.9 Å². The molecule has 0 N–H and O–H groups in total. The fourth-order valence-corrected chi connectivity index (χ4v) is 2.57. The average Bonchev–Trinajstić information content (AvgIpc) is 3.28. The quantitative estimate of drug-likeness (QED) is 0.559. The summed E-state index contributed by atoms with van der Waals surface area (Å²) >= 11 is 0. The molecule has 1 amide bonds. The largest absolute Gasteiger partial charge is 0.380 e. The number of carbonyl (C=O) groups is 1. The van der Waals surface area contributed by atoms with Gasteiger partial charge < -0.3 is 14.2 Å². The standard InChI is InChI=1S/C18H22N6O3/c1-4-26-10-9-24-15(11-13(2)21-24)18(25)23(3)12-16-20-17(22-27-16)14-7-5-6-8-19-14/h5-8,11H,4,9-10,12H2,1-3H3. The lowest BCUT2D eigenvalue weighted by atomic mass is 10.3. The first-order valence-electron chi connectivity index (χ1n) is 8.70. The first-order valence-corrected chi connectivity index (χ1v) is 8.70.